The van der Waals surface area contributed by atoms with Gasteiger partial charge in [0, 0.05) is 16.5 Å². The zero-order valence-corrected chi connectivity index (χ0v) is 27.9. The first kappa shape index (κ1) is 32.4. The number of hydrogen-bond donors (Lipinski definition) is 3. The van der Waals surface area contributed by atoms with E-state index in [2.05, 4.69) is 33.9 Å². The van der Waals surface area contributed by atoms with Crippen LogP contribution in [0.2, 0.25) is 18.1 Å². The predicted octanol–water partition coefficient (Wildman–Crippen LogP) is 4.13. The number of carbonyl (C=O) groups excluding carboxylic acids is 1. The molecule has 5 atom stereocenters. The molecule has 1 fully saturated rings. The van der Waals surface area contributed by atoms with Crippen molar-refractivity contribution >= 4 is 25.1 Å². The summed E-state index contributed by atoms with van der Waals surface area (Å²) in [5.41, 5.74) is 1.90. The molecule has 0 bridgehead atoms. The third-order valence-corrected chi connectivity index (χ3v) is 13.9. The second-order valence-corrected chi connectivity index (χ2v) is 18.0. The molecule has 46 heavy (non-hydrogen) atoms. The lowest BCUT2D eigenvalue weighted by Gasteiger charge is -2.43. The molecule has 3 aromatic carbocycles. The fraction of sp³-hybridized carbons (Fsp3) is 0.485. The molecular weight excluding hydrogens is 616 g/mol. The highest BCUT2D eigenvalue weighted by Crippen LogP contribution is 2.50. The molecule has 5 unspecified atom stereocenters. The van der Waals surface area contributed by atoms with Crippen molar-refractivity contribution in [3.05, 3.63) is 41.5 Å². The number of ether oxygens (including phenoxy) is 7. The number of aliphatic hydroxyl groups is 3. The number of carbonyl (C=O) groups is 1. The number of methoxy groups -OCH3 is 2. The topological polar surface area (TPSA) is 152 Å². The Morgan fingerprint density at radius 1 is 0.870 bits per heavy atom. The van der Waals surface area contributed by atoms with Gasteiger partial charge in [-0.1, -0.05) is 26.8 Å². The molecule has 0 amide bonds. The molecule has 6 rings (SSSR count). The van der Waals surface area contributed by atoms with E-state index < -0.39 is 45.0 Å². The number of esters is 1. The maximum absolute atomic E-state index is 13.4. The molecule has 0 radical (unpaired) electrons. The van der Waals surface area contributed by atoms with Gasteiger partial charge in [0.25, 0.3) is 0 Å². The maximum atomic E-state index is 13.4. The van der Waals surface area contributed by atoms with Crippen molar-refractivity contribution in [2.75, 3.05) is 27.6 Å². The molecule has 248 valence electrons. The van der Waals surface area contributed by atoms with Gasteiger partial charge in [-0.2, -0.15) is 0 Å². The van der Waals surface area contributed by atoms with E-state index in [0.717, 1.165) is 0 Å². The Hall–Kier alpha value is -3.59. The van der Waals surface area contributed by atoms with Crippen LogP contribution in [-0.2, 0) is 20.5 Å². The largest absolute Gasteiger partial charge is 0.493 e. The number of cyclic esters (lactones) is 1. The lowest BCUT2D eigenvalue weighted by Crippen LogP contribution is -2.61. The summed E-state index contributed by atoms with van der Waals surface area (Å²) in [6, 6.07) is 8.83. The standard InChI is InChI=1S/C33H40O12Si/c1-33(2,3)46(6,7)43-14-24-27(34)28(35)29(36)32(44-24)45-30-18-12-22(39-5)21(38-4)11-17(18)25(26-19(30)13-40-31(26)37)16-8-9-20-23(10-16)42-15-41-20/h8-12,24,27-29,32,34-36H,13-15H2,1-7H3. The smallest absolute Gasteiger partial charge is 0.339 e. The Morgan fingerprint density at radius 3 is 2.22 bits per heavy atom. The van der Waals surface area contributed by atoms with Gasteiger partial charge in [-0.3, -0.25) is 0 Å². The van der Waals surface area contributed by atoms with Crippen molar-refractivity contribution in [1.82, 2.24) is 0 Å². The Kier molecular flexibility index (Phi) is 8.36. The van der Waals surface area contributed by atoms with Gasteiger partial charge in [0.2, 0.25) is 13.1 Å². The van der Waals surface area contributed by atoms with Crippen molar-refractivity contribution in [2.45, 2.75) is 76.2 Å². The fourth-order valence-electron chi connectivity index (χ4n) is 5.67. The first-order valence-corrected chi connectivity index (χ1v) is 18.0. The zero-order valence-electron chi connectivity index (χ0n) is 26.9. The highest BCUT2D eigenvalue weighted by Gasteiger charge is 2.47. The van der Waals surface area contributed by atoms with Crippen LogP contribution in [0.4, 0.5) is 0 Å². The van der Waals surface area contributed by atoms with Crippen LogP contribution < -0.4 is 23.7 Å². The summed E-state index contributed by atoms with van der Waals surface area (Å²) >= 11 is 0. The van der Waals surface area contributed by atoms with E-state index in [-0.39, 0.29) is 36.4 Å². The van der Waals surface area contributed by atoms with Crippen LogP contribution in [0.25, 0.3) is 21.9 Å². The van der Waals surface area contributed by atoms with Gasteiger partial charge >= 0.3 is 5.97 Å². The number of fused-ring (bicyclic) bond motifs is 3. The average molecular weight is 657 g/mol. The van der Waals surface area contributed by atoms with Crippen LogP contribution in [-0.4, -0.2) is 87.9 Å². The summed E-state index contributed by atoms with van der Waals surface area (Å²) < 4.78 is 46.7. The van der Waals surface area contributed by atoms with Crippen LogP contribution >= 0.6 is 0 Å². The quantitative estimate of drug-likeness (QED) is 0.236. The SMILES string of the molecule is COc1cc2c(OC3OC(CO[Si](C)(C)C(C)(C)C)C(O)C(O)C3O)c3c(c(-c4ccc5c(c4)OCO5)c2cc1OC)C(=O)OC3. The van der Waals surface area contributed by atoms with E-state index in [0.29, 0.717) is 50.5 Å². The number of rotatable bonds is 8. The Morgan fingerprint density at radius 2 is 1.54 bits per heavy atom. The summed E-state index contributed by atoms with van der Waals surface area (Å²) in [4.78, 5) is 13.4. The Balaban J connectivity index is 1.47. The van der Waals surface area contributed by atoms with Gasteiger partial charge in [0.05, 0.1) is 26.4 Å². The molecule has 3 aliphatic rings. The number of aliphatic hydroxyl groups excluding tert-OH is 3. The molecule has 12 nitrogen and oxygen atoms in total. The third-order valence-electron chi connectivity index (χ3n) is 9.39. The summed E-state index contributed by atoms with van der Waals surface area (Å²) in [5, 5.41) is 33.7. The summed E-state index contributed by atoms with van der Waals surface area (Å²) in [7, 11) is 0.761. The van der Waals surface area contributed by atoms with Crippen molar-refractivity contribution in [1.29, 1.82) is 0 Å². The van der Waals surface area contributed by atoms with Crippen LogP contribution in [0.1, 0.15) is 36.7 Å². The number of benzene rings is 3. The van der Waals surface area contributed by atoms with Gasteiger partial charge in [-0.25, -0.2) is 4.79 Å². The average Bonchev–Trinajstić information content (AvgIpc) is 3.65. The lowest BCUT2D eigenvalue weighted by molar-refractivity contribution is -0.276. The normalized spacial score (nSPS) is 24.1. The minimum Gasteiger partial charge on any atom is -0.493 e. The molecule has 13 heteroatoms. The molecule has 3 N–H and O–H groups in total. The van der Waals surface area contributed by atoms with E-state index in [1.807, 2.05) is 6.07 Å². The molecule has 3 aromatic rings. The summed E-state index contributed by atoms with van der Waals surface area (Å²) in [5.74, 6) is 1.54. The first-order valence-electron chi connectivity index (χ1n) is 15.1. The van der Waals surface area contributed by atoms with Crippen LogP contribution in [0, 0.1) is 0 Å². The fourth-order valence-corrected chi connectivity index (χ4v) is 6.68. The predicted molar refractivity (Wildman–Crippen MR) is 168 cm³/mol. The van der Waals surface area contributed by atoms with Gasteiger partial charge in [0.15, 0.2) is 31.3 Å². The summed E-state index contributed by atoms with van der Waals surface area (Å²) in [6.07, 6.45) is -7.08. The molecule has 1 saturated heterocycles. The summed E-state index contributed by atoms with van der Waals surface area (Å²) in [6.45, 7) is 10.4. The number of hydrogen-bond acceptors (Lipinski definition) is 12. The second kappa shape index (κ2) is 11.9. The zero-order chi connectivity index (χ0) is 33.1. The minimum atomic E-state index is -2.25. The van der Waals surface area contributed by atoms with Crippen LogP contribution in [0.15, 0.2) is 30.3 Å². The monoisotopic (exact) mass is 656 g/mol. The van der Waals surface area contributed by atoms with Crippen LogP contribution in [0.5, 0.6) is 28.7 Å². The molecule has 0 aromatic heterocycles. The third kappa shape index (κ3) is 5.44. The first-order chi connectivity index (χ1) is 21.8. The van der Waals surface area contributed by atoms with Crippen LogP contribution in [0.3, 0.4) is 0 Å². The van der Waals surface area contributed by atoms with E-state index >= 15 is 0 Å². The molecule has 3 aliphatic heterocycles. The minimum absolute atomic E-state index is 0.0180. The molecular formula is C33H40O12Si. The van der Waals surface area contributed by atoms with E-state index in [9.17, 15) is 20.1 Å². The maximum Gasteiger partial charge on any atom is 0.339 e. The van der Waals surface area contributed by atoms with Crippen molar-refractivity contribution in [3.63, 3.8) is 0 Å². The lowest BCUT2D eigenvalue weighted by atomic mass is 9.89. The molecule has 0 aliphatic carbocycles. The van der Waals surface area contributed by atoms with Crippen molar-refractivity contribution in [3.8, 4) is 39.9 Å². The molecule has 3 heterocycles. The van der Waals surface area contributed by atoms with Crippen molar-refractivity contribution in [2.24, 2.45) is 0 Å². The highest BCUT2D eigenvalue weighted by molar-refractivity contribution is 6.74. The Bertz CT molecular complexity index is 1670. The van der Waals surface area contributed by atoms with Gasteiger partial charge in [-0.05, 0) is 53.3 Å². The van der Waals surface area contributed by atoms with E-state index in [4.69, 9.17) is 37.6 Å². The van der Waals surface area contributed by atoms with Gasteiger partial charge in [0.1, 0.15) is 36.8 Å². The molecule has 0 saturated carbocycles. The highest BCUT2D eigenvalue weighted by atomic mass is 28.4. The second-order valence-electron chi connectivity index (χ2n) is 13.2. The van der Waals surface area contributed by atoms with Gasteiger partial charge in [-0.15, -0.1) is 0 Å². The van der Waals surface area contributed by atoms with E-state index in [1.54, 1.807) is 24.3 Å². The van der Waals surface area contributed by atoms with E-state index in [1.165, 1.54) is 14.2 Å². The Labute approximate surface area is 267 Å². The molecule has 0 spiro atoms. The van der Waals surface area contributed by atoms with Gasteiger partial charge < -0.3 is 52.9 Å². The van der Waals surface area contributed by atoms with Crippen molar-refractivity contribution < 1.29 is 57.7 Å².